The van der Waals surface area contributed by atoms with Crippen molar-refractivity contribution < 1.29 is 14.3 Å². The summed E-state index contributed by atoms with van der Waals surface area (Å²) >= 11 is 0. The van der Waals surface area contributed by atoms with E-state index in [4.69, 9.17) is 9.47 Å². The number of amides is 1. The molecular weight excluding hydrogens is 366 g/mol. The molecule has 1 heterocycles. The van der Waals surface area contributed by atoms with Crippen LogP contribution in [0, 0.1) is 0 Å². The van der Waals surface area contributed by atoms with Gasteiger partial charge in [-0.3, -0.25) is 4.79 Å². The van der Waals surface area contributed by atoms with Crippen molar-refractivity contribution in [2.24, 2.45) is 0 Å². The molecule has 0 atom stereocenters. The van der Waals surface area contributed by atoms with E-state index in [1.54, 1.807) is 25.4 Å². The minimum absolute atomic E-state index is 0.215. The van der Waals surface area contributed by atoms with Crippen LogP contribution in [0.4, 0.5) is 11.5 Å². The molecule has 3 aromatic rings. The number of rotatable bonds is 9. The number of pyridine rings is 1. The van der Waals surface area contributed by atoms with E-state index in [1.807, 2.05) is 55.5 Å². The van der Waals surface area contributed by atoms with Crippen LogP contribution in [0.15, 0.2) is 66.9 Å². The van der Waals surface area contributed by atoms with Gasteiger partial charge in [0.15, 0.2) is 0 Å². The average molecular weight is 391 g/mol. The molecule has 0 bridgehead atoms. The summed E-state index contributed by atoms with van der Waals surface area (Å²) in [6, 6.07) is 18.7. The molecule has 1 aromatic heterocycles. The summed E-state index contributed by atoms with van der Waals surface area (Å²) in [6.45, 7) is 3.11. The van der Waals surface area contributed by atoms with E-state index >= 15 is 0 Å². The van der Waals surface area contributed by atoms with Gasteiger partial charge >= 0.3 is 0 Å². The van der Waals surface area contributed by atoms with E-state index in [2.05, 4.69) is 15.6 Å². The molecule has 0 aliphatic heterocycles. The highest BCUT2D eigenvalue weighted by Gasteiger charge is 2.11. The van der Waals surface area contributed by atoms with E-state index < -0.39 is 0 Å². The number of methoxy groups -OCH3 is 1. The average Bonchev–Trinajstić information content (AvgIpc) is 2.76. The lowest BCUT2D eigenvalue weighted by Gasteiger charge is -2.12. The number of carbonyl (C=O) groups excluding carboxylic acids is 1. The van der Waals surface area contributed by atoms with Gasteiger partial charge in [0.1, 0.15) is 17.3 Å². The predicted molar refractivity (Wildman–Crippen MR) is 115 cm³/mol. The molecule has 0 aliphatic carbocycles. The Morgan fingerprint density at radius 1 is 1.03 bits per heavy atom. The molecule has 6 nitrogen and oxygen atoms in total. The molecule has 0 saturated heterocycles. The van der Waals surface area contributed by atoms with Gasteiger partial charge in [-0.05, 0) is 49.2 Å². The van der Waals surface area contributed by atoms with Crippen molar-refractivity contribution >= 4 is 17.4 Å². The zero-order chi connectivity index (χ0) is 20.5. The van der Waals surface area contributed by atoms with Crippen molar-refractivity contribution in [1.82, 2.24) is 4.98 Å². The van der Waals surface area contributed by atoms with Crippen LogP contribution in [0.2, 0.25) is 0 Å². The number of carbonyl (C=O) groups is 1. The quantitative estimate of drug-likeness (QED) is 0.566. The Hall–Kier alpha value is -3.54. The van der Waals surface area contributed by atoms with Gasteiger partial charge in [0.25, 0.3) is 5.91 Å². The lowest BCUT2D eigenvalue weighted by molar-refractivity contribution is 0.102. The van der Waals surface area contributed by atoms with Crippen LogP contribution in [0.5, 0.6) is 11.5 Å². The first kappa shape index (κ1) is 20.2. The molecule has 0 radical (unpaired) electrons. The van der Waals surface area contributed by atoms with E-state index in [-0.39, 0.29) is 5.91 Å². The van der Waals surface area contributed by atoms with Crippen LogP contribution < -0.4 is 20.1 Å². The Bertz CT molecular complexity index is 959. The molecular formula is C23H25N3O3. The smallest absolute Gasteiger partial charge is 0.255 e. The van der Waals surface area contributed by atoms with Crippen LogP contribution in [-0.2, 0) is 6.42 Å². The highest BCUT2D eigenvalue weighted by Crippen LogP contribution is 2.24. The normalized spacial score (nSPS) is 10.3. The molecule has 2 aromatic carbocycles. The monoisotopic (exact) mass is 391 g/mol. The summed E-state index contributed by atoms with van der Waals surface area (Å²) in [4.78, 5) is 17.0. The number of nitrogens with one attached hydrogen (secondary N) is 2. The molecule has 0 spiro atoms. The first-order valence-electron chi connectivity index (χ1n) is 9.56. The Morgan fingerprint density at radius 3 is 2.59 bits per heavy atom. The van der Waals surface area contributed by atoms with E-state index in [0.717, 1.165) is 17.7 Å². The number of nitrogens with zero attached hydrogens (tertiary/aromatic N) is 1. The first-order valence-corrected chi connectivity index (χ1v) is 9.56. The number of anilines is 2. The van der Waals surface area contributed by atoms with Gasteiger partial charge in [-0.15, -0.1) is 0 Å². The van der Waals surface area contributed by atoms with Crippen LogP contribution in [0.1, 0.15) is 22.8 Å². The fourth-order valence-corrected chi connectivity index (χ4v) is 2.95. The van der Waals surface area contributed by atoms with Crippen molar-refractivity contribution in [3.8, 4) is 11.5 Å². The third-order valence-corrected chi connectivity index (χ3v) is 4.35. The van der Waals surface area contributed by atoms with Gasteiger partial charge in [0, 0.05) is 18.3 Å². The summed E-state index contributed by atoms with van der Waals surface area (Å²) in [7, 11) is 1.67. The van der Waals surface area contributed by atoms with Crippen LogP contribution in [0.25, 0.3) is 0 Å². The molecule has 3 rings (SSSR count). The van der Waals surface area contributed by atoms with Crippen molar-refractivity contribution in [1.29, 1.82) is 0 Å². The van der Waals surface area contributed by atoms with Crippen molar-refractivity contribution in [2.45, 2.75) is 13.3 Å². The standard InChI is InChI=1S/C23H25N3O3/c1-3-29-21-11-7-5-9-19(21)26-23(27)18-13-15-25-22(16-18)24-14-12-17-8-4-6-10-20(17)28-2/h4-11,13,15-16H,3,12,14H2,1-2H3,(H,24,25)(H,26,27). The van der Waals surface area contributed by atoms with Crippen molar-refractivity contribution in [3.63, 3.8) is 0 Å². The van der Waals surface area contributed by atoms with Gasteiger partial charge < -0.3 is 20.1 Å². The topological polar surface area (TPSA) is 72.5 Å². The lowest BCUT2D eigenvalue weighted by Crippen LogP contribution is -2.14. The predicted octanol–water partition coefficient (Wildman–Crippen LogP) is 4.40. The molecule has 150 valence electrons. The van der Waals surface area contributed by atoms with E-state index in [1.165, 1.54) is 0 Å². The number of benzene rings is 2. The second-order valence-corrected chi connectivity index (χ2v) is 6.30. The van der Waals surface area contributed by atoms with Gasteiger partial charge in [0.2, 0.25) is 0 Å². The molecule has 0 saturated carbocycles. The maximum Gasteiger partial charge on any atom is 0.255 e. The Balaban J connectivity index is 1.62. The van der Waals surface area contributed by atoms with Crippen LogP contribution in [0.3, 0.4) is 0 Å². The van der Waals surface area contributed by atoms with E-state index in [9.17, 15) is 4.79 Å². The summed E-state index contributed by atoms with van der Waals surface area (Å²) in [5.41, 5.74) is 2.27. The van der Waals surface area contributed by atoms with Gasteiger partial charge in [-0.2, -0.15) is 0 Å². The van der Waals surface area contributed by atoms with Crippen LogP contribution >= 0.6 is 0 Å². The minimum atomic E-state index is -0.215. The second-order valence-electron chi connectivity index (χ2n) is 6.30. The zero-order valence-corrected chi connectivity index (χ0v) is 16.6. The molecule has 0 aliphatic rings. The SMILES string of the molecule is CCOc1ccccc1NC(=O)c1ccnc(NCCc2ccccc2OC)c1. The number of ether oxygens (including phenoxy) is 2. The molecule has 0 unspecified atom stereocenters. The summed E-state index contributed by atoms with van der Waals surface area (Å²) < 4.78 is 10.9. The summed E-state index contributed by atoms with van der Waals surface area (Å²) in [5.74, 6) is 1.94. The van der Waals surface area contributed by atoms with Gasteiger partial charge in [0.05, 0.1) is 19.4 Å². The van der Waals surface area contributed by atoms with Crippen molar-refractivity contribution in [2.75, 3.05) is 30.9 Å². The second kappa shape index (κ2) is 10.1. The maximum absolute atomic E-state index is 12.7. The largest absolute Gasteiger partial charge is 0.496 e. The fraction of sp³-hybridized carbons (Fsp3) is 0.217. The number of para-hydroxylation sites is 3. The lowest BCUT2D eigenvalue weighted by atomic mass is 10.1. The van der Waals surface area contributed by atoms with Crippen molar-refractivity contribution in [3.05, 3.63) is 78.0 Å². The number of aromatic nitrogens is 1. The molecule has 2 N–H and O–H groups in total. The fourth-order valence-electron chi connectivity index (χ4n) is 2.95. The summed E-state index contributed by atoms with van der Waals surface area (Å²) in [5, 5.41) is 6.16. The van der Waals surface area contributed by atoms with Gasteiger partial charge in [-0.1, -0.05) is 30.3 Å². The maximum atomic E-state index is 12.7. The molecule has 6 heteroatoms. The first-order chi connectivity index (χ1) is 14.2. The highest BCUT2D eigenvalue weighted by atomic mass is 16.5. The molecule has 29 heavy (non-hydrogen) atoms. The van der Waals surface area contributed by atoms with E-state index in [0.29, 0.717) is 36.0 Å². The number of hydrogen-bond acceptors (Lipinski definition) is 5. The Labute approximate surface area is 170 Å². The summed E-state index contributed by atoms with van der Waals surface area (Å²) in [6.07, 6.45) is 2.40. The minimum Gasteiger partial charge on any atom is -0.496 e. The highest BCUT2D eigenvalue weighted by molar-refractivity contribution is 6.05. The van der Waals surface area contributed by atoms with Crippen LogP contribution in [-0.4, -0.2) is 31.2 Å². The number of hydrogen-bond donors (Lipinski definition) is 2. The molecule has 0 fully saturated rings. The zero-order valence-electron chi connectivity index (χ0n) is 16.6. The molecule has 1 amide bonds. The Morgan fingerprint density at radius 2 is 1.79 bits per heavy atom. The van der Waals surface area contributed by atoms with Gasteiger partial charge in [-0.25, -0.2) is 4.98 Å². The third kappa shape index (κ3) is 5.48. The third-order valence-electron chi connectivity index (χ3n) is 4.35. The Kier molecular flexibility index (Phi) is 7.05.